The molecule has 0 aliphatic heterocycles. The van der Waals surface area contributed by atoms with Crippen LogP contribution in [0.1, 0.15) is 0 Å². The lowest BCUT2D eigenvalue weighted by Gasteiger charge is -1.90. The Kier molecular flexibility index (Phi) is 1.74. The van der Waals surface area contributed by atoms with Gasteiger partial charge < -0.3 is 5.32 Å². The number of hydrogen-bond acceptors (Lipinski definition) is 3. The number of carbonyl (C=O) groups excluding carboxylic acids is 1. The molecular weight excluding hydrogens is 118 g/mol. The van der Waals surface area contributed by atoms with Gasteiger partial charge in [0.05, 0.1) is 0 Å². The fourth-order valence-electron chi connectivity index (χ4n) is 0.394. The third-order valence-electron chi connectivity index (χ3n) is 0.711. The number of hydrogen-bond donors (Lipinski definition) is 1. The second-order valence-electron chi connectivity index (χ2n) is 1.28. The molecule has 9 heavy (non-hydrogen) atoms. The van der Waals surface area contributed by atoms with Gasteiger partial charge in [-0.1, -0.05) is 0 Å². The molecule has 0 saturated carbocycles. The van der Waals surface area contributed by atoms with Gasteiger partial charge in [-0.05, 0) is 0 Å². The van der Waals surface area contributed by atoms with Gasteiger partial charge >= 0.3 is 0 Å². The lowest BCUT2D eigenvalue weighted by Crippen LogP contribution is -1.96. The number of nitrogens with zero attached hydrogens (tertiary/aromatic N) is 2. The molecule has 0 unspecified atom stereocenters. The molecule has 0 bridgehead atoms. The summed E-state index contributed by atoms with van der Waals surface area (Å²) in [7, 11) is 0. The highest BCUT2D eigenvalue weighted by Gasteiger charge is 1.86. The minimum Gasteiger partial charge on any atom is -0.311 e. The second-order valence-corrected chi connectivity index (χ2v) is 1.28. The van der Waals surface area contributed by atoms with Crippen molar-refractivity contribution in [3.63, 3.8) is 0 Å². The van der Waals surface area contributed by atoms with E-state index in [-0.39, 0.29) is 0 Å². The van der Waals surface area contributed by atoms with Crippen LogP contribution in [-0.2, 0) is 4.79 Å². The fraction of sp³-hybridized carbons (Fsp3) is 0. The summed E-state index contributed by atoms with van der Waals surface area (Å²) < 4.78 is 0. The van der Waals surface area contributed by atoms with Crippen molar-refractivity contribution in [3.8, 4) is 0 Å². The van der Waals surface area contributed by atoms with E-state index in [2.05, 4.69) is 21.5 Å². The van der Waals surface area contributed by atoms with Crippen LogP contribution in [-0.4, -0.2) is 16.4 Å². The summed E-state index contributed by atoms with van der Waals surface area (Å²) in [5.74, 6) is 0.340. The molecule has 1 rings (SSSR count). The third kappa shape index (κ3) is 1.49. The van der Waals surface area contributed by atoms with E-state index in [4.69, 9.17) is 0 Å². The average molecular weight is 122 g/mol. The van der Waals surface area contributed by atoms with E-state index in [1.54, 1.807) is 0 Å². The molecule has 0 aliphatic rings. The lowest BCUT2D eigenvalue weighted by molar-refractivity contribution is -0.105. The summed E-state index contributed by atoms with van der Waals surface area (Å²) >= 11 is 0. The first-order valence-electron chi connectivity index (χ1n) is 2.32. The molecule has 1 amide bonds. The van der Waals surface area contributed by atoms with Gasteiger partial charge in [0.25, 0.3) is 0 Å². The summed E-state index contributed by atoms with van der Waals surface area (Å²) in [4.78, 5) is 17.1. The Bertz CT molecular complexity index is 187. The molecule has 45 valence electrons. The molecule has 0 aliphatic carbocycles. The van der Waals surface area contributed by atoms with Crippen LogP contribution in [0.2, 0.25) is 0 Å². The van der Waals surface area contributed by atoms with E-state index in [1.165, 1.54) is 12.4 Å². The average Bonchev–Trinajstić information content (AvgIpc) is 1.91. The van der Waals surface area contributed by atoms with Gasteiger partial charge in [-0.25, -0.2) is 9.97 Å². The maximum absolute atomic E-state index is 9.78. The number of rotatable bonds is 2. The van der Waals surface area contributed by atoms with E-state index in [0.29, 0.717) is 12.2 Å². The van der Waals surface area contributed by atoms with Crippen molar-refractivity contribution in [1.82, 2.24) is 9.97 Å². The highest BCUT2D eigenvalue weighted by atomic mass is 16.1. The van der Waals surface area contributed by atoms with E-state index >= 15 is 0 Å². The maximum atomic E-state index is 9.78. The van der Waals surface area contributed by atoms with Crippen LogP contribution in [0.3, 0.4) is 0 Å². The quantitative estimate of drug-likeness (QED) is 0.555. The van der Waals surface area contributed by atoms with Crippen LogP contribution in [0, 0.1) is 6.20 Å². The molecule has 1 aromatic heterocycles. The smallest absolute Gasteiger partial charge is 0.212 e. The minimum absolute atomic E-state index is 0.340. The van der Waals surface area contributed by atoms with Crippen molar-refractivity contribution in [3.05, 3.63) is 18.6 Å². The predicted octanol–water partition coefficient (Wildman–Crippen LogP) is -0.155. The zero-order valence-corrected chi connectivity index (χ0v) is 4.53. The normalized spacial score (nSPS) is 8.44. The topological polar surface area (TPSA) is 54.9 Å². The first-order valence-corrected chi connectivity index (χ1v) is 2.32. The number of carbonyl (C=O) groups is 1. The Hall–Kier alpha value is -1.45. The zero-order chi connectivity index (χ0) is 6.53. The van der Waals surface area contributed by atoms with Crippen LogP contribution in [0.25, 0.3) is 0 Å². The molecule has 4 nitrogen and oxygen atoms in total. The number of nitrogens with one attached hydrogen (secondary N) is 1. The highest BCUT2D eigenvalue weighted by molar-refractivity contribution is 5.67. The Morgan fingerprint density at radius 1 is 1.67 bits per heavy atom. The minimum atomic E-state index is 0.340. The third-order valence-corrected chi connectivity index (χ3v) is 0.711. The molecule has 0 fully saturated rings. The first kappa shape index (κ1) is 5.68. The molecule has 0 atom stereocenters. The standard InChI is InChI=1S/C5H4N3O/c9-4-8-5-3-6-1-2-7-5/h1-2,4H,(H,7,8,9). The lowest BCUT2D eigenvalue weighted by atomic mass is 10.7. The predicted molar refractivity (Wildman–Crippen MR) is 30.6 cm³/mol. The van der Waals surface area contributed by atoms with E-state index in [1.807, 2.05) is 0 Å². The van der Waals surface area contributed by atoms with E-state index < -0.39 is 0 Å². The molecular formula is C5H4N3O. The largest absolute Gasteiger partial charge is 0.311 e. The van der Waals surface area contributed by atoms with E-state index in [0.717, 1.165) is 0 Å². The molecule has 1 radical (unpaired) electrons. The van der Waals surface area contributed by atoms with Crippen LogP contribution in [0.15, 0.2) is 12.4 Å². The summed E-state index contributed by atoms with van der Waals surface area (Å²) in [6.45, 7) is 0. The summed E-state index contributed by atoms with van der Waals surface area (Å²) in [6, 6.07) is 0. The van der Waals surface area contributed by atoms with Gasteiger partial charge in [-0.15, -0.1) is 0 Å². The molecule has 0 saturated heterocycles. The Morgan fingerprint density at radius 3 is 3.11 bits per heavy atom. The SMILES string of the molecule is O=CNc1[c]nccn1. The van der Waals surface area contributed by atoms with Gasteiger partial charge in [-0.3, -0.25) is 4.79 Å². The van der Waals surface area contributed by atoms with Gasteiger partial charge in [0.15, 0.2) is 5.82 Å². The van der Waals surface area contributed by atoms with Crippen molar-refractivity contribution in [2.24, 2.45) is 0 Å². The molecule has 1 N–H and O–H groups in total. The molecule has 0 spiro atoms. The summed E-state index contributed by atoms with van der Waals surface area (Å²) in [6.07, 6.45) is 5.95. The zero-order valence-electron chi connectivity index (χ0n) is 4.53. The van der Waals surface area contributed by atoms with Crippen molar-refractivity contribution in [2.75, 3.05) is 5.32 Å². The van der Waals surface area contributed by atoms with Crippen molar-refractivity contribution in [1.29, 1.82) is 0 Å². The van der Waals surface area contributed by atoms with Gasteiger partial charge in [0.1, 0.15) is 6.20 Å². The van der Waals surface area contributed by atoms with Crippen LogP contribution in [0.5, 0.6) is 0 Å². The van der Waals surface area contributed by atoms with Crippen molar-refractivity contribution >= 4 is 12.2 Å². The Morgan fingerprint density at radius 2 is 2.56 bits per heavy atom. The second kappa shape index (κ2) is 2.76. The van der Waals surface area contributed by atoms with Crippen LogP contribution < -0.4 is 5.32 Å². The summed E-state index contributed by atoms with van der Waals surface area (Å²) in [5, 5.41) is 2.30. The van der Waals surface area contributed by atoms with E-state index in [9.17, 15) is 4.79 Å². The van der Waals surface area contributed by atoms with Crippen LogP contribution in [0.4, 0.5) is 5.82 Å². The summed E-state index contributed by atoms with van der Waals surface area (Å²) in [5.41, 5.74) is 0. The number of amides is 1. The van der Waals surface area contributed by atoms with Crippen molar-refractivity contribution in [2.45, 2.75) is 0 Å². The monoisotopic (exact) mass is 122 g/mol. The molecule has 1 aromatic rings. The Balaban J connectivity index is 2.72. The molecule has 0 aromatic carbocycles. The van der Waals surface area contributed by atoms with Crippen LogP contribution >= 0.6 is 0 Å². The van der Waals surface area contributed by atoms with Crippen molar-refractivity contribution < 1.29 is 4.79 Å². The van der Waals surface area contributed by atoms with Gasteiger partial charge in [-0.2, -0.15) is 0 Å². The number of anilines is 1. The van der Waals surface area contributed by atoms with Gasteiger partial charge in [0, 0.05) is 12.4 Å². The molecule has 1 heterocycles. The maximum Gasteiger partial charge on any atom is 0.212 e. The Labute approximate surface area is 51.9 Å². The fourth-order valence-corrected chi connectivity index (χ4v) is 0.394. The first-order chi connectivity index (χ1) is 4.43. The van der Waals surface area contributed by atoms with Gasteiger partial charge in [0.2, 0.25) is 6.41 Å². The molecule has 4 heteroatoms. The highest BCUT2D eigenvalue weighted by Crippen LogP contribution is 1.91. The number of aromatic nitrogens is 2.